The molecule has 18 N–H and O–H groups in total. The molecule has 4 aliphatic heterocycles. The van der Waals surface area contributed by atoms with E-state index in [4.69, 9.17) is 16.2 Å². The number of carbonyl (C=O) groups is 14. The third kappa shape index (κ3) is 18.2. The predicted octanol–water partition coefficient (Wildman–Crippen LogP) is -6.21. The van der Waals surface area contributed by atoms with Crippen molar-refractivity contribution >= 4 is 110 Å². The Morgan fingerprint density at radius 1 is 0.760 bits per heavy atom. The van der Waals surface area contributed by atoms with Crippen molar-refractivity contribution < 1.29 is 91.4 Å². The van der Waals surface area contributed by atoms with E-state index >= 15 is 4.21 Å². The number of hydrogen-bond donors (Lipinski definition) is 16. The van der Waals surface area contributed by atoms with Crippen LogP contribution < -0.4 is 69.4 Å². The zero-order valence-corrected chi connectivity index (χ0v) is 54.2. The molecule has 0 aliphatic carbocycles. The van der Waals surface area contributed by atoms with Crippen LogP contribution in [0.3, 0.4) is 0 Å². The van der Waals surface area contributed by atoms with Crippen LogP contribution in [-0.4, -0.2) is 222 Å². The van der Waals surface area contributed by atoms with E-state index in [2.05, 4.69) is 58.2 Å². The molecule has 1 fully saturated rings. The molecule has 2 aromatic carbocycles. The molecular weight excluding hydrogens is 1280 g/mol. The van der Waals surface area contributed by atoms with Gasteiger partial charge in [-0.15, -0.1) is 0 Å². The normalized spacial score (nSPS) is 24.5. The quantitative estimate of drug-likeness (QED) is 0.0497. The van der Waals surface area contributed by atoms with Crippen LogP contribution in [0.5, 0.6) is 5.75 Å². The third-order valence-electron chi connectivity index (χ3n) is 16.8. The lowest BCUT2D eigenvalue weighted by Gasteiger charge is -2.32. The zero-order valence-electron chi connectivity index (χ0n) is 53.4. The van der Waals surface area contributed by atoms with Crippen LogP contribution in [0, 0.1) is 17.8 Å². The highest BCUT2D eigenvalue weighted by Gasteiger charge is 2.46. The molecule has 35 heteroatoms. The maximum atomic E-state index is 15.2. The number of nitrogens with one attached hydrogen (secondary N) is 11. The summed E-state index contributed by atoms with van der Waals surface area (Å²) in [4.78, 5) is 196. The van der Waals surface area contributed by atoms with Gasteiger partial charge in [-0.2, -0.15) is 0 Å². The first-order valence-corrected chi connectivity index (χ1v) is 32.3. The minimum Gasteiger partial charge on any atom is -0.489 e. The lowest BCUT2D eigenvalue weighted by atomic mass is 9.93. The molecule has 0 radical (unpaired) electrons. The highest BCUT2D eigenvalue weighted by Crippen LogP contribution is 2.31. The second-order valence-corrected chi connectivity index (χ2v) is 25.6. The Labute approximate surface area is 552 Å². The smallest absolute Gasteiger partial charge is 0.254 e. The van der Waals surface area contributed by atoms with E-state index in [0.717, 1.165) is 17.1 Å². The van der Waals surface area contributed by atoms with Crippen LogP contribution in [0.2, 0.25) is 0 Å². The van der Waals surface area contributed by atoms with Crippen LogP contribution in [-0.2, 0) is 91.0 Å². The van der Waals surface area contributed by atoms with Gasteiger partial charge >= 0.3 is 0 Å². The fourth-order valence-corrected chi connectivity index (χ4v) is 12.5. The van der Waals surface area contributed by atoms with Crippen LogP contribution >= 0.6 is 0 Å². The number of anilines is 1. The number of imide groups is 1. The van der Waals surface area contributed by atoms with E-state index in [9.17, 15) is 82.4 Å². The summed E-state index contributed by atoms with van der Waals surface area (Å²) >= 11 is 0. The number of ether oxygens (including phenoxy) is 1. The number of aromatic nitrogens is 1. The molecule has 34 nitrogen and oxygen atoms in total. The Bertz CT molecular complexity index is 3570. The van der Waals surface area contributed by atoms with Crippen molar-refractivity contribution in [3.05, 3.63) is 65.7 Å². The number of aliphatic hydroxyl groups is 3. The fraction of sp³-hybridized carbons (Fsp3) is 0.508. The number of nitrogens with two attached hydrogens (primary N) is 2. The molecule has 5 heterocycles. The molecule has 2 unspecified atom stereocenters. The number of benzene rings is 2. The average molecular weight is 1360 g/mol. The first-order valence-electron chi connectivity index (χ1n) is 31.0. The number of amides is 14. The first kappa shape index (κ1) is 73.7. The summed E-state index contributed by atoms with van der Waals surface area (Å²) in [6.45, 7) is 5.68. The Balaban J connectivity index is 1.20. The minimum absolute atomic E-state index is 0.0417. The molecule has 0 saturated carbocycles. The lowest BCUT2D eigenvalue weighted by molar-refractivity contribution is -0.145. The molecule has 520 valence electrons. The van der Waals surface area contributed by atoms with Crippen molar-refractivity contribution in [2.75, 3.05) is 43.9 Å². The predicted molar refractivity (Wildman–Crippen MR) is 338 cm³/mol. The van der Waals surface area contributed by atoms with Crippen LogP contribution in [0.1, 0.15) is 71.9 Å². The highest BCUT2D eigenvalue weighted by atomic mass is 32.2. The van der Waals surface area contributed by atoms with Gasteiger partial charge in [0.1, 0.15) is 71.8 Å². The van der Waals surface area contributed by atoms with Gasteiger partial charge in [-0.3, -0.25) is 76.2 Å². The average Bonchev–Trinajstić information content (AvgIpc) is 1.64. The van der Waals surface area contributed by atoms with Crippen molar-refractivity contribution in [2.24, 2.45) is 29.2 Å². The van der Waals surface area contributed by atoms with E-state index in [1.165, 1.54) is 32.0 Å². The molecule has 7 rings (SSSR count). The van der Waals surface area contributed by atoms with Crippen LogP contribution in [0.25, 0.3) is 10.9 Å². The van der Waals surface area contributed by atoms with Gasteiger partial charge in [0.15, 0.2) is 0 Å². The van der Waals surface area contributed by atoms with Crippen molar-refractivity contribution in [1.82, 2.24) is 62.6 Å². The summed E-state index contributed by atoms with van der Waals surface area (Å²) in [6, 6.07) is -3.25. The number of aromatic amines is 1. The van der Waals surface area contributed by atoms with E-state index in [-0.39, 0.29) is 33.8 Å². The molecule has 14 atom stereocenters. The first-order chi connectivity index (χ1) is 45.4. The molecule has 0 spiro atoms. The van der Waals surface area contributed by atoms with Gasteiger partial charge in [-0.1, -0.05) is 53.2 Å². The number of fused-ring (bicyclic) bond motifs is 5. The maximum absolute atomic E-state index is 15.2. The number of nitrogens with zero attached hydrogens (tertiary/aromatic N) is 2. The van der Waals surface area contributed by atoms with Crippen molar-refractivity contribution in [1.29, 1.82) is 0 Å². The van der Waals surface area contributed by atoms with E-state index in [1.54, 1.807) is 52.0 Å². The van der Waals surface area contributed by atoms with Gasteiger partial charge in [0.25, 0.3) is 11.8 Å². The number of carbonyl (C=O) groups excluding carboxylic acids is 14. The molecule has 1 aromatic heterocycles. The molecule has 3 aromatic rings. The van der Waals surface area contributed by atoms with E-state index in [0.29, 0.717) is 22.6 Å². The van der Waals surface area contributed by atoms with Gasteiger partial charge in [-0.05, 0) is 54.2 Å². The van der Waals surface area contributed by atoms with Gasteiger partial charge in [0, 0.05) is 61.1 Å². The van der Waals surface area contributed by atoms with Crippen molar-refractivity contribution in [3.8, 4) is 5.75 Å². The van der Waals surface area contributed by atoms with Gasteiger partial charge < -0.3 is 94.6 Å². The van der Waals surface area contributed by atoms with Crippen LogP contribution in [0.4, 0.5) is 5.69 Å². The maximum Gasteiger partial charge on any atom is 0.254 e. The number of primary amides is 1. The second kappa shape index (κ2) is 32.6. The summed E-state index contributed by atoms with van der Waals surface area (Å²) in [7, 11) is -2.49. The SMILES string of the molecule is CC[C@H](C)[C@@H]1NC(=O)CNC(=O)C2Cc3c([nH]c4cc(OCc5ccc(NC(=O)[C@H](C)NC(=O)[C@@H](NC(=O)[C@H](CN)N6C(=O)C=CC6=O)C(C)C)cc5)ccc34)[S@](=O)CC(NC(=O)CNC1=O)C(=O)N[C@@H](CC(N)=O)C(=O)N1C[C@H](O)C[C@H]1C(=O)N[C@@H]([C@@H](C)[C@@H](O)CO)C(=O)N2. The van der Waals surface area contributed by atoms with Gasteiger partial charge in [0.2, 0.25) is 70.9 Å². The number of rotatable bonds is 19. The summed E-state index contributed by atoms with van der Waals surface area (Å²) in [5.74, 6) is -16.4. The Morgan fingerprint density at radius 3 is 2.04 bits per heavy atom. The Hall–Kier alpha value is -9.71. The summed E-state index contributed by atoms with van der Waals surface area (Å²) in [5, 5.41) is 57.0. The standard InChI is InChI=1S/C61H81N15O19S/c1-7-28(4)50-57(90)65-21-45(81)68-40-26-96(94)60-36(18-38(53(86)64-22-46(82)72-50)69-59(92)51(29(5)43(79)24-77)74-55(88)41-16-33(78)23-75(41)61(93)39(19-44(63)80)70-54(40)87)35-13-12-34(17-37(35)71-60)95-25-31-8-10-32(11-9-31)67-52(85)30(6)66-58(91)49(27(2)3)73-56(89)42(20-62)76-47(83)14-15-48(76)84/h8-15,17,27-30,33,38-43,49-51,71,77-79H,7,16,18-26,62H2,1-6H3,(H2,63,80)(H,64,86)(H,65,90)(H,66,91)(H,67,85)(H,68,81)(H,69,92)(H,70,87)(H,72,82)(H,73,89)(H,74,88)/t28-,29-,30-,33+,38?,39-,40?,41-,42-,43-,49-,50-,51-,96+/m0/s1. The third-order valence-corrected chi connectivity index (χ3v) is 18.3. The highest BCUT2D eigenvalue weighted by molar-refractivity contribution is 7.85. The van der Waals surface area contributed by atoms with Gasteiger partial charge in [-0.25, -0.2) is 0 Å². The lowest BCUT2D eigenvalue weighted by Crippen LogP contribution is -2.62. The van der Waals surface area contributed by atoms with Crippen molar-refractivity contribution in [2.45, 2.75) is 145 Å². The van der Waals surface area contributed by atoms with Gasteiger partial charge in [0.05, 0.1) is 60.4 Å². The Kier molecular flexibility index (Phi) is 25.0. The summed E-state index contributed by atoms with van der Waals surface area (Å²) < 4.78 is 21.3. The molecular formula is C61H81N15O19S. The zero-order chi connectivity index (χ0) is 70.6. The fourth-order valence-electron chi connectivity index (χ4n) is 11.1. The molecule has 4 aliphatic rings. The number of aliphatic hydroxyl groups excluding tert-OH is 3. The number of H-pyrrole nitrogens is 1. The van der Waals surface area contributed by atoms with E-state index in [1.807, 2.05) is 0 Å². The molecule has 1 saturated heterocycles. The topological polar surface area (TPSA) is 521 Å². The van der Waals surface area contributed by atoms with Crippen LogP contribution in [0.15, 0.2) is 59.6 Å². The minimum atomic E-state index is -2.49. The molecule has 14 amide bonds. The monoisotopic (exact) mass is 1360 g/mol. The largest absolute Gasteiger partial charge is 0.489 e. The Morgan fingerprint density at radius 2 is 1.42 bits per heavy atom. The number of hydrogen-bond acceptors (Lipinski definition) is 20. The van der Waals surface area contributed by atoms with E-state index < -0.39 is 236 Å². The second-order valence-electron chi connectivity index (χ2n) is 24.2. The molecule has 2 bridgehead atoms. The summed E-state index contributed by atoms with van der Waals surface area (Å²) in [6.07, 6.45) is -2.74. The molecule has 96 heavy (non-hydrogen) atoms. The summed E-state index contributed by atoms with van der Waals surface area (Å²) in [5.41, 5.74) is 12.4. The van der Waals surface area contributed by atoms with Crippen molar-refractivity contribution in [3.63, 3.8) is 0 Å².